The third kappa shape index (κ3) is 3.75. The maximum absolute atomic E-state index is 12.0. The zero-order chi connectivity index (χ0) is 14.5. The first-order chi connectivity index (χ1) is 9.60. The lowest BCUT2D eigenvalue weighted by molar-refractivity contribution is 0.103. The molecule has 0 atom stereocenters. The number of hydrogen-bond donors (Lipinski definition) is 2. The van der Waals surface area contributed by atoms with Crippen molar-refractivity contribution in [3.63, 3.8) is 0 Å². The minimum absolute atomic E-state index is 0.263. The number of thiophene rings is 1. The second-order valence-corrected chi connectivity index (χ2v) is 5.86. The molecule has 0 unspecified atom stereocenters. The summed E-state index contributed by atoms with van der Waals surface area (Å²) < 4.78 is 0.548. The van der Waals surface area contributed by atoms with Gasteiger partial charge in [0.2, 0.25) is 0 Å². The van der Waals surface area contributed by atoms with E-state index in [-0.39, 0.29) is 12.5 Å². The van der Waals surface area contributed by atoms with Crippen molar-refractivity contribution in [3.05, 3.63) is 50.1 Å². The van der Waals surface area contributed by atoms with Crippen molar-refractivity contribution in [3.8, 4) is 11.8 Å². The highest BCUT2D eigenvalue weighted by molar-refractivity contribution is 7.18. The monoisotopic (exact) mass is 325 g/mol. The molecule has 1 aromatic carbocycles. The minimum atomic E-state index is -0.267. The van der Waals surface area contributed by atoms with E-state index in [1.54, 1.807) is 30.3 Å². The van der Waals surface area contributed by atoms with Crippen molar-refractivity contribution in [2.75, 3.05) is 11.9 Å². The Bertz CT molecular complexity index is 701. The fraction of sp³-hybridized carbons (Fsp3) is 0.0714. The highest BCUT2D eigenvalue weighted by Crippen LogP contribution is 2.24. The molecule has 2 rings (SSSR count). The van der Waals surface area contributed by atoms with E-state index in [0.29, 0.717) is 25.5 Å². The number of hydrogen-bond acceptors (Lipinski definition) is 3. The second kappa shape index (κ2) is 6.78. The average Bonchev–Trinajstić information content (AvgIpc) is 2.85. The van der Waals surface area contributed by atoms with Gasteiger partial charge in [-0.15, -0.1) is 11.3 Å². The standard InChI is InChI=1S/C14H9Cl2NO2S/c15-10-3-4-11(9(8-10)2-1-7-18)17-14(19)12-5-6-13(16)20-12/h3-6,8,18H,7H2,(H,17,19). The molecular weight excluding hydrogens is 317 g/mol. The fourth-order valence-corrected chi connectivity index (χ4v) is 2.59. The second-order valence-electron chi connectivity index (χ2n) is 3.71. The molecule has 1 heterocycles. The summed E-state index contributed by atoms with van der Waals surface area (Å²) in [5.74, 6) is 5.00. The van der Waals surface area contributed by atoms with Gasteiger partial charge in [-0.3, -0.25) is 4.79 Å². The molecule has 1 amide bonds. The quantitative estimate of drug-likeness (QED) is 0.828. The number of benzene rings is 1. The highest BCUT2D eigenvalue weighted by atomic mass is 35.5. The lowest BCUT2D eigenvalue weighted by Gasteiger charge is -2.06. The molecule has 0 radical (unpaired) electrons. The fourth-order valence-electron chi connectivity index (χ4n) is 1.48. The Balaban J connectivity index is 2.26. The van der Waals surface area contributed by atoms with Crippen molar-refractivity contribution in [2.45, 2.75) is 0 Å². The zero-order valence-corrected chi connectivity index (χ0v) is 12.4. The maximum atomic E-state index is 12.0. The van der Waals surface area contributed by atoms with E-state index >= 15 is 0 Å². The van der Waals surface area contributed by atoms with Gasteiger partial charge in [0, 0.05) is 10.6 Å². The van der Waals surface area contributed by atoms with Crippen molar-refractivity contribution in [1.29, 1.82) is 0 Å². The molecule has 0 bridgehead atoms. The molecule has 0 fully saturated rings. The van der Waals surface area contributed by atoms with Gasteiger partial charge in [-0.05, 0) is 30.3 Å². The molecule has 2 N–H and O–H groups in total. The Labute approximate surface area is 130 Å². The van der Waals surface area contributed by atoms with Crippen LogP contribution in [0.4, 0.5) is 5.69 Å². The number of aliphatic hydroxyl groups excluding tert-OH is 1. The largest absolute Gasteiger partial charge is 0.384 e. The van der Waals surface area contributed by atoms with Gasteiger partial charge in [-0.1, -0.05) is 35.0 Å². The summed E-state index contributed by atoms with van der Waals surface area (Å²) in [6, 6.07) is 8.26. The number of halogens is 2. The maximum Gasteiger partial charge on any atom is 0.265 e. The lowest BCUT2D eigenvalue weighted by atomic mass is 10.1. The lowest BCUT2D eigenvalue weighted by Crippen LogP contribution is -2.11. The Morgan fingerprint density at radius 2 is 2.10 bits per heavy atom. The molecule has 0 spiro atoms. The first-order valence-corrected chi connectivity index (χ1v) is 7.13. The molecule has 0 aliphatic heterocycles. The van der Waals surface area contributed by atoms with E-state index in [1.807, 2.05) is 0 Å². The number of amides is 1. The molecule has 0 saturated carbocycles. The summed E-state index contributed by atoms with van der Waals surface area (Å²) in [6.07, 6.45) is 0. The summed E-state index contributed by atoms with van der Waals surface area (Å²) in [5, 5.41) is 12.0. The minimum Gasteiger partial charge on any atom is -0.384 e. The number of nitrogens with one attached hydrogen (secondary N) is 1. The van der Waals surface area contributed by atoms with E-state index in [2.05, 4.69) is 17.2 Å². The van der Waals surface area contributed by atoms with Crippen molar-refractivity contribution in [2.24, 2.45) is 0 Å². The van der Waals surface area contributed by atoms with Crippen LogP contribution in [0.15, 0.2) is 30.3 Å². The molecular formula is C14H9Cl2NO2S. The predicted octanol–water partition coefficient (Wildman–Crippen LogP) is 3.65. The Hall–Kier alpha value is -1.51. The first-order valence-electron chi connectivity index (χ1n) is 5.56. The van der Waals surface area contributed by atoms with E-state index in [9.17, 15) is 4.79 Å². The van der Waals surface area contributed by atoms with Crippen LogP contribution in [0.5, 0.6) is 0 Å². The number of carbonyl (C=O) groups excluding carboxylic acids is 1. The van der Waals surface area contributed by atoms with Crippen molar-refractivity contribution >= 4 is 46.1 Å². The summed E-state index contributed by atoms with van der Waals surface area (Å²) >= 11 is 12.9. The van der Waals surface area contributed by atoms with Gasteiger partial charge in [-0.25, -0.2) is 0 Å². The van der Waals surface area contributed by atoms with Gasteiger partial charge in [0.15, 0.2) is 0 Å². The van der Waals surface area contributed by atoms with Crippen LogP contribution < -0.4 is 5.32 Å². The third-order valence-corrected chi connectivity index (χ3v) is 3.79. The SMILES string of the molecule is O=C(Nc1ccc(Cl)cc1C#CCO)c1ccc(Cl)s1. The smallest absolute Gasteiger partial charge is 0.265 e. The molecule has 20 heavy (non-hydrogen) atoms. The topological polar surface area (TPSA) is 49.3 Å². The first kappa shape index (κ1) is 14.9. The van der Waals surface area contributed by atoms with Crippen LogP contribution in [0.2, 0.25) is 9.36 Å². The molecule has 102 valence electrons. The van der Waals surface area contributed by atoms with Gasteiger partial charge in [0.25, 0.3) is 5.91 Å². The Morgan fingerprint density at radius 1 is 1.30 bits per heavy atom. The predicted molar refractivity (Wildman–Crippen MR) is 82.7 cm³/mol. The van der Waals surface area contributed by atoms with Crippen LogP contribution >= 0.6 is 34.5 Å². The number of anilines is 1. The molecule has 1 aromatic heterocycles. The summed E-state index contributed by atoms with van der Waals surface area (Å²) in [6.45, 7) is -0.263. The van der Waals surface area contributed by atoms with Gasteiger partial charge < -0.3 is 10.4 Å². The van der Waals surface area contributed by atoms with Crippen LogP contribution in [0.25, 0.3) is 0 Å². The third-order valence-electron chi connectivity index (χ3n) is 2.33. The van der Waals surface area contributed by atoms with Crippen molar-refractivity contribution < 1.29 is 9.90 Å². The van der Waals surface area contributed by atoms with Crippen LogP contribution in [-0.2, 0) is 0 Å². The van der Waals surface area contributed by atoms with Gasteiger partial charge >= 0.3 is 0 Å². The van der Waals surface area contributed by atoms with Crippen LogP contribution in [0.3, 0.4) is 0 Å². The van der Waals surface area contributed by atoms with Gasteiger partial charge in [0.1, 0.15) is 6.61 Å². The summed E-state index contributed by atoms with van der Waals surface area (Å²) in [5.41, 5.74) is 1.08. The van der Waals surface area contributed by atoms with E-state index in [4.69, 9.17) is 28.3 Å². The van der Waals surface area contributed by atoms with E-state index in [1.165, 1.54) is 11.3 Å². The highest BCUT2D eigenvalue weighted by Gasteiger charge is 2.11. The van der Waals surface area contributed by atoms with Gasteiger partial charge in [0.05, 0.1) is 14.9 Å². The number of rotatable bonds is 2. The number of carbonyl (C=O) groups is 1. The molecule has 0 aliphatic rings. The molecule has 6 heteroatoms. The molecule has 3 nitrogen and oxygen atoms in total. The van der Waals surface area contributed by atoms with Crippen LogP contribution in [-0.4, -0.2) is 17.6 Å². The van der Waals surface area contributed by atoms with Crippen LogP contribution in [0, 0.1) is 11.8 Å². The van der Waals surface area contributed by atoms with Crippen LogP contribution in [0.1, 0.15) is 15.2 Å². The Kier molecular flexibility index (Phi) is 5.05. The summed E-state index contributed by atoms with van der Waals surface area (Å²) in [4.78, 5) is 12.6. The Morgan fingerprint density at radius 3 is 2.75 bits per heavy atom. The normalized spacial score (nSPS) is 9.75. The van der Waals surface area contributed by atoms with E-state index in [0.717, 1.165) is 0 Å². The summed E-state index contributed by atoms with van der Waals surface area (Å²) in [7, 11) is 0. The number of aliphatic hydroxyl groups is 1. The average molecular weight is 326 g/mol. The molecule has 2 aromatic rings. The van der Waals surface area contributed by atoms with Crippen molar-refractivity contribution in [1.82, 2.24) is 0 Å². The van der Waals surface area contributed by atoms with E-state index < -0.39 is 0 Å². The molecule has 0 saturated heterocycles. The van der Waals surface area contributed by atoms with Gasteiger partial charge in [-0.2, -0.15) is 0 Å². The zero-order valence-electron chi connectivity index (χ0n) is 10.1. The molecule has 0 aliphatic carbocycles.